The molecule has 0 aliphatic heterocycles. The van der Waals surface area contributed by atoms with E-state index in [1.807, 2.05) is 0 Å². The maximum absolute atomic E-state index is 14.3. The average molecular weight is 342 g/mol. The quantitative estimate of drug-likeness (QED) is 0.367. The first-order valence-electron chi connectivity index (χ1n) is 6.27. The maximum Gasteiger partial charge on any atom is 0.293 e. The molecule has 0 fully saturated rings. The van der Waals surface area contributed by atoms with E-state index in [9.17, 15) is 17.6 Å². The lowest BCUT2D eigenvalue weighted by Gasteiger charge is -2.20. The summed E-state index contributed by atoms with van der Waals surface area (Å²) in [6.07, 6.45) is 1.09. The van der Waals surface area contributed by atoms with E-state index in [-0.39, 0.29) is 31.3 Å². The molecule has 0 amide bonds. The molecule has 3 rings (SSSR count). The lowest BCUT2D eigenvalue weighted by atomic mass is 9.95. The molecule has 0 radical (unpaired) electrons. The zero-order valence-corrected chi connectivity index (χ0v) is 12.8. The fourth-order valence-electron chi connectivity index (χ4n) is 2.51. The molecule has 0 unspecified atom stereocenters. The highest BCUT2D eigenvalue weighted by atomic mass is 32.1. The summed E-state index contributed by atoms with van der Waals surface area (Å²) in [5.41, 5.74) is -0.514. The van der Waals surface area contributed by atoms with Gasteiger partial charge in [-0.2, -0.15) is 17.6 Å². The van der Waals surface area contributed by atoms with Crippen molar-refractivity contribution in [2.24, 2.45) is 0 Å². The fourth-order valence-corrected chi connectivity index (χ4v) is 4.51. The van der Waals surface area contributed by atoms with Crippen molar-refractivity contribution in [3.8, 4) is 0 Å². The molecule has 0 atom stereocenters. The van der Waals surface area contributed by atoms with Gasteiger partial charge in [-0.05, 0) is 35.0 Å². The molecule has 0 saturated carbocycles. The minimum Gasteiger partial charge on any atom is -0.196 e. The average Bonchev–Trinajstić information content (AvgIpc) is 3.12. The number of benzene rings is 1. The smallest absolute Gasteiger partial charge is 0.196 e. The molecule has 22 heavy (non-hydrogen) atoms. The first-order valence-corrected chi connectivity index (χ1v) is 8.03. The van der Waals surface area contributed by atoms with E-state index in [4.69, 9.17) is 0 Å². The number of alkyl halides is 4. The molecule has 0 aliphatic rings. The van der Waals surface area contributed by atoms with Crippen LogP contribution in [-0.2, 0) is 11.8 Å². The van der Waals surface area contributed by atoms with E-state index >= 15 is 0 Å². The Morgan fingerprint density at radius 1 is 0.773 bits per heavy atom. The molecule has 2 heterocycles. The molecule has 114 valence electrons. The van der Waals surface area contributed by atoms with E-state index in [2.05, 4.69) is 13.2 Å². The van der Waals surface area contributed by atoms with Gasteiger partial charge in [0.1, 0.15) is 0 Å². The first kappa shape index (κ1) is 15.2. The molecular weight excluding hydrogens is 332 g/mol. The van der Waals surface area contributed by atoms with E-state index < -0.39 is 11.8 Å². The molecule has 0 nitrogen and oxygen atoms in total. The molecule has 1 aromatic carbocycles. The van der Waals surface area contributed by atoms with Crippen molar-refractivity contribution in [1.82, 2.24) is 0 Å². The van der Waals surface area contributed by atoms with Gasteiger partial charge in [0.05, 0.1) is 11.1 Å². The van der Waals surface area contributed by atoms with Gasteiger partial charge in [0.15, 0.2) is 0 Å². The summed E-state index contributed by atoms with van der Waals surface area (Å²) < 4.78 is 57.5. The molecule has 3 aromatic rings. The zero-order chi connectivity index (χ0) is 16.1. The van der Waals surface area contributed by atoms with Gasteiger partial charge in [0, 0.05) is 20.2 Å². The second-order valence-corrected chi connectivity index (χ2v) is 6.56. The Labute approximate surface area is 132 Å². The Bertz CT molecular complexity index is 765. The molecular formula is C16H10F4S2. The molecule has 0 N–H and O–H groups in total. The Hall–Kier alpha value is -1.66. The van der Waals surface area contributed by atoms with Crippen LogP contribution < -0.4 is 0 Å². The Balaban J connectivity index is 2.58. The molecule has 0 spiro atoms. The summed E-state index contributed by atoms with van der Waals surface area (Å²) in [5, 5.41) is 3.36. The zero-order valence-electron chi connectivity index (χ0n) is 11.2. The minimum atomic E-state index is -3.29. The van der Waals surface area contributed by atoms with Gasteiger partial charge in [0.2, 0.25) is 0 Å². The van der Waals surface area contributed by atoms with Crippen LogP contribution in [0.2, 0.25) is 0 Å². The second-order valence-electron chi connectivity index (χ2n) is 4.73. The Morgan fingerprint density at radius 3 is 1.45 bits per heavy atom. The highest BCUT2D eigenvalue weighted by Crippen LogP contribution is 2.49. The number of hydrogen-bond acceptors (Lipinski definition) is 2. The van der Waals surface area contributed by atoms with Crippen LogP contribution in [-0.4, -0.2) is 0 Å². The van der Waals surface area contributed by atoms with Crippen LogP contribution in [0.15, 0.2) is 48.2 Å². The van der Waals surface area contributed by atoms with Crippen molar-refractivity contribution in [1.29, 1.82) is 0 Å². The monoisotopic (exact) mass is 342 g/mol. The summed E-state index contributed by atoms with van der Waals surface area (Å²) in [6.45, 7) is 6.34. The molecule has 6 heteroatoms. The number of thiophene rings is 2. The molecule has 0 bridgehead atoms. The first-order chi connectivity index (χ1) is 10.3. The van der Waals surface area contributed by atoms with Crippen LogP contribution >= 0.6 is 22.7 Å². The molecule has 0 aliphatic carbocycles. The van der Waals surface area contributed by atoms with E-state index in [1.54, 1.807) is 10.8 Å². The van der Waals surface area contributed by atoms with Crippen LogP contribution in [0.4, 0.5) is 17.6 Å². The predicted molar refractivity (Wildman–Crippen MR) is 85.4 cm³/mol. The second kappa shape index (κ2) is 4.93. The van der Waals surface area contributed by atoms with Crippen molar-refractivity contribution < 1.29 is 17.6 Å². The fraction of sp³-hybridized carbons (Fsp3) is 0.125. The highest BCUT2D eigenvalue weighted by Gasteiger charge is 2.38. The van der Waals surface area contributed by atoms with Crippen LogP contribution in [0.5, 0.6) is 0 Å². The van der Waals surface area contributed by atoms with Gasteiger partial charge >= 0.3 is 0 Å². The van der Waals surface area contributed by atoms with Crippen molar-refractivity contribution >= 4 is 42.8 Å². The third kappa shape index (κ3) is 2.01. The Morgan fingerprint density at radius 2 is 1.14 bits per heavy atom. The van der Waals surface area contributed by atoms with E-state index in [0.717, 1.165) is 22.7 Å². The largest absolute Gasteiger partial charge is 0.293 e. The summed E-state index contributed by atoms with van der Waals surface area (Å²) in [4.78, 5) is 0. The van der Waals surface area contributed by atoms with Crippen molar-refractivity contribution in [2.75, 3.05) is 0 Å². The van der Waals surface area contributed by atoms with Crippen LogP contribution in [0.25, 0.3) is 20.2 Å². The number of rotatable bonds is 4. The number of fused-ring (bicyclic) bond motifs is 2. The topological polar surface area (TPSA) is 0 Å². The van der Waals surface area contributed by atoms with Crippen LogP contribution in [0, 0.1) is 0 Å². The summed E-state index contributed by atoms with van der Waals surface area (Å²) in [6, 6.07) is 2.91. The number of allylic oxidation sites excluding steroid dienone is 2. The van der Waals surface area contributed by atoms with Crippen LogP contribution in [0.1, 0.15) is 11.1 Å². The van der Waals surface area contributed by atoms with Crippen LogP contribution in [0.3, 0.4) is 0 Å². The van der Waals surface area contributed by atoms with Gasteiger partial charge in [-0.15, -0.1) is 22.7 Å². The lowest BCUT2D eigenvalue weighted by molar-refractivity contribution is 0.0532. The summed E-state index contributed by atoms with van der Waals surface area (Å²) in [7, 11) is 0. The third-order valence-corrected chi connectivity index (χ3v) is 5.37. The lowest BCUT2D eigenvalue weighted by Crippen LogP contribution is -2.14. The normalized spacial score (nSPS) is 12.9. The number of halogens is 4. The van der Waals surface area contributed by atoms with Gasteiger partial charge in [-0.1, -0.05) is 13.2 Å². The molecule has 0 saturated heterocycles. The van der Waals surface area contributed by atoms with Crippen molar-refractivity contribution in [3.05, 3.63) is 59.3 Å². The van der Waals surface area contributed by atoms with Gasteiger partial charge < -0.3 is 0 Å². The Kier molecular flexibility index (Phi) is 3.41. The highest BCUT2D eigenvalue weighted by molar-refractivity contribution is 7.19. The van der Waals surface area contributed by atoms with Gasteiger partial charge in [-0.3, -0.25) is 0 Å². The standard InChI is InChI=1S/C16H10F4S2/c1-3-15(17,18)11-9-5-7-22-14(9)12(16(19,20)4-2)10-6-8-21-13(10)11/h3-8H,1-2H2. The predicted octanol–water partition coefficient (Wildman–Crippen LogP) is 6.67. The molecule has 2 aromatic heterocycles. The van der Waals surface area contributed by atoms with E-state index in [1.165, 1.54) is 12.1 Å². The van der Waals surface area contributed by atoms with Crippen molar-refractivity contribution in [3.63, 3.8) is 0 Å². The van der Waals surface area contributed by atoms with Gasteiger partial charge in [-0.25, -0.2) is 0 Å². The third-order valence-electron chi connectivity index (χ3n) is 3.50. The summed E-state index contributed by atoms with van der Waals surface area (Å²) >= 11 is 2.05. The minimum absolute atomic E-state index is 0.140. The van der Waals surface area contributed by atoms with Crippen molar-refractivity contribution in [2.45, 2.75) is 11.8 Å². The maximum atomic E-state index is 14.3. The SMILES string of the molecule is C=CC(F)(F)c1c2ccsc2c(C(F)(F)C=C)c2ccsc12. The number of hydrogen-bond donors (Lipinski definition) is 0. The van der Waals surface area contributed by atoms with E-state index in [0.29, 0.717) is 12.2 Å². The van der Waals surface area contributed by atoms with Gasteiger partial charge in [0.25, 0.3) is 11.8 Å². The summed E-state index contributed by atoms with van der Waals surface area (Å²) in [5.74, 6) is -6.57.